The van der Waals surface area contributed by atoms with Gasteiger partial charge in [0.1, 0.15) is 29.2 Å². The number of anilines is 4. The first-order valence-electron chi connectivity index (χ1n) is 16.5. The quantitative estimate of drug-likeness (QED) is 0.154. The number of hydrogen-bond acceptors (Lipinski definition) is 4. The van der Waals surface area contributed by atoms with Gasteiger partial charge in [0.05, 0.1) is 11.4 Å². The van der Waals surface area contributed by atoms with Gasteiger partial charge in [-0.05, 0) is 114 Å². The Balaban J connectivity index is 1.37. The Kier molecular flexibility index (Phi) is 5.79. The first-order chi connectivity index (χ1) is 23.1. The van der Waals surface area contributed by atoms with Gasteiger partial charge in [-0.1, -0.05) is 76.2 Å². The smallest absolute Gasteiger partial charge is 0.160 e. The molecule has 8 bridgehead atoms. The van der Waals surface area contributed by atoms with Gasteiger partial charge in [-0.3, -0.25) is 0 Å². The fourth-order valence-electron chi connectivity index (χ4n) is 8.69. The van der Waals surface area contributed by atoms with Crippen LogP contribution >= 0.6 is 31.9 Å². The molecule has 0 fully saturated rings. The number of rotatable bonds is 0. The van der Waals surface area contributed by atoms with Crippen molar-refractivity contribution in [1.29, 1.82) is 0 Å². The molecule has 0 aliphatic carbocycles. The molecule has 0 saturated heterocycles. The van der Waals surface area contributed by atoms with Crippen LogP contribution in [0.15, 0.2) is 115 Å². The van der Waals surface area contributed by atoms with Gasteiger partial charge < -0.3 is 18.6 Å². The summed E-state index contributed by atoms with van der Waals surface area (Å²) in [7, 11) is 0. The van der Waals surface area contributed by atoms with Crippen LogP contribution in [0.4, 0.5) is 22.7 Å². The Morgan fingerprint density at radius 1 is 0.562 bits per heavy atom. The zero-order chi connectivity index (χ0) is 32.7. The summed E-state index contributed by atoms with van der Waals surface area (Å²) < 4.78 is 15.8. The van der Waals surface area contributed by atoms with E-state index in [1.165, 1.54) is 21.9 Å². The van der Waals surface area contributed by atoms with Crippen LogP contribution in [0.1, 0.15) is 45.2 Å². The first kappa shape index (κ1) is 28.7. The van der Waals surface area contributed by atoms with Gasteiger partial charge in [-0.15, -0.1) is 0 Å². The third-order valence-electron chi connectivity index (χ3n) is 10.8. The highest BCUT2D eigenvalue weighted by atomic mass is 79.9. The summed E-state index contributed by atoms with van der Waals surface area (Å²) in [5.41, 5.74) is 10.2. The Labute approximate surface area is 295 Å². The van der Waals surface area contributed by atoms with Gasteiger partial charge >= 0.3 is 0 Å². The van der Waals surface area contributed by atoms with Crippen molar-refractivity contribution in [2.75, 3.05) is 16.5 Å². The van der Waals surface area contributed by atoms with Gasteiger partial charge in [-0.2, -0.15) is 0 Å². The molecule has 10 rings (SSSR count). The van der Waals surface area contributed by atoms with Crippen molar-refractivity contribution in [3.8, 4) is 0 Å². The molecule has 48 heavy (non-hydrogen) atoms. The molecule has 2 aromatic heterocycles. The van der Waals surface area contributed by atoms with Crippen molar-refractivity contribution in [3.05, 3.63) is 117 Å². The molecule has 4 heterocycles. The maximum absolute atomic E-state index is 6.94. The van der Waals surface area contributed by atoms with Crippen LogP contribution in [-0.4, -0.2) is 6.67 Å². The zero-order valence-corrected chi connectivity index (χ0v) is 30.3. The molecule has 0 atom stereocenters. The highest BCUT2D eigenvalue weighted by Crippen LogP contribution is 2.53. The monoisotopic (exact) mass is 754 g/mol. The topological polar surface area (TPSA) is 32.8 Å². The van der Waals surface area contributed by atoms with E-state index in [9.17, 15) is 0 Å². The summed E-state index contributed by atoms with van der Waals surface area (Å²) >= 11 is 7.96. The molecule has 2 aliphatic heterocycles. The van der Waals surface area contributed by atoms with Crippen molar-refractivity contribution >= 4 is 109 Å². The molecule has 8 aromatic rings. The summed E-state index contributed by atoms with van der Waals surface area (Å²) in [6.45, 7) is 9.95. The van der Waals surface area contributed by atoms with Gasteiger partial charge in [0.15, 0.2) is 11.2 Å². The lowest BCUT2D eigenvalue weighted by Gasteiger charge is -2.40. The van der Waals surface area contributed by atoms with E-state index in [0.717, 1.165) is 82.0 Å². The summed E-state index contributed by atoms with van der Waals surface area (Å²) in [6.07, 6.45) is 0.952. The molecule has 6 heteroatoms. The second kappa shape index (κ2) is 9.67. The van der Waals surface area contributed by atoms with Gasteiger partial charge in [0.2, 0.25) is 0 Å². The van der Waals surface area contributed by atoms with Crippen molar-refractivity contribution in [2.24, 2.45) is 0 Å². The van der Waals surface area contributed by atoms with E-state index in [1.807, 2.05) is 0 Å². The van der Waals surface area contributed by atoms with E-state index in [1.54, 1.807) is 0 Å². The number of halogens is 2. The van der Waals surface area contributed by atoms with Crippen LogP contribution in [-0.2, 0) is 10.8 Å². The average molecular weight is 757 g/mol. The largest absolute Gasteiger partial charge is 0.454 e. The van der Waals surface area contributed by atoms with Crippen LogP contribution in [0.5, 0.6) is 0 Å². The lowest BCUT2D eigenvalue weighted by Crippen LogP contribution is -2.36. The maximum atomic E-state index is 6.94. The summed E-state index contributed by atoms with van der Waals surface area (Å²) in [5, 5.41) is 6.84. The molecule has 0 amide bonds. The molecule has 6 aromatic carbocycles. The number of benzene rings is 6. The van der Waals surface area contributed by atoms with Crippen molar-refractivity contribution in [3.63, 3.8) is 0 Å². The first-order valence-corrected chi connectivity index (χ1v) is 18.0. The Hall–Kier alpha value is -4.26. The van der Waals surface area contributed by atoms with Crippen LogP contribution < -0.4 is 9.80 Å². The maximum Gasteiger partial charge on any atom is 0.160 e. The SMILES string of the molecule is CC1(C)CC(C)(C)c2ccc3c(c2)oc2c(c(Br)ccc23)N2CN(c3c(Br)ccc4c3oc3cc1ccc34)c1cccc3cccc2c13. The van der Waals surface area contributed by atoms with E-state index in [2.05, 4.69) is 166 Å². The van der Waals surface area contributed by atoms with Gasteiger partial charge in [0, 0.05) is 35.9 Å². The summed E-state index contributed by atoms with van der Waals surface area (Å²) in [5.74, 6) is 0. The fraction of sp³-hybridized carbons (Fsp3) is 0.190. The third-order valence-corrected chi connectivity index (χ3v) is 12.1. The second-order valence-electron chi connectivity index (χ2n) is 14.8. The molecule has 0 spiro atoms. The molecule has 0 unspecified atom stereocenters. The lowest BCUT2D eigenvalue weighted by molar-refractivity contribution is 0.349. The Morgan fingerprint density at radius 2 is 1.02 bits per heavy atom. The normalized spacial score (nSPS) is 16.6. The third kappa shape index (κ3) is 3.87. The number of hydrogen-bond donors (Lipinski definition) is 0. The van der Waals surface area contributed by atoms with Gasteiger partial charge in [-0.25, -0.2) is 0 Å². The van der Waals surface area contributed by atoms with Crippen molar-refractivity contribution in [2.45, 2.75) is 44.9 Å². The lowest BCUT2D eigenvalue weighted by atomic mass is 9.68. The highest BCUT2D eigenvalue weighted by molar-refractivity contribution is 9.11. The average Bonchev–Trinajstić information content (AvgIpc) is 3.62. The summed E-state index contributed by atoms with van der Waals surface area (Å²) in [4.78, 5) is 4.79. The molecule has 236 valence electrons. The van der Waals surface area contributed by atoms with E-state index in [4.69, 9.17) is 8.83 Å². The number of nitrogens with zero attached hydrogens (tertiary/aromatic N) is 2. The molecular weight excluding hydrogens is 724 g/mol. The zero-order valence-electron chi connectivity index (χ0n) is 27.1. The minimum absolute atomic E-state index is 0.112. The standard InChI is InChI=1S/C42H32Br2N2O2/c1-41(2)21-42(3,4)25-12-14-27-29-16-18-31(44)38(40(29)48-35(27)20-25)46-22-45(32-9-5-7-23-8-6-10-33(46)36(23)32)37-30(43)17-15-28-26-13-11-24(41)19-34(26)47-39(28)37/h5-20H,21-22H2,1-4H3. The Bertz CT molecular complexity index is 2500. The second-order valence-corrected chi connectivity index (χ2v) is 16.5. The minimum atomic E-state index is -0.112. The van der Waals surface area contributed by atoms with Crippen LogP contribution in [0.3, 0.4) is 0 Å². The molecule has 4 nitrogen and oxygen atoms in total. The van der Waals surface area contributed by atoms with Gasteiger partial charge in [0.25, 0.3) is 0 Å². The molecule has 2 aliphatic rings. The highest BCUT2D eigenvalue weighted by Gasteiger charge is 2.35. The van der Waals surface area contributed by atoms with E-state index >= 15 is 0 Å². The fourth-order valence-corrected chi connectivity index (χ4v) is 9.74. The van der Waals surface area contributed by atoms with Crippen molar-refractivity contribution in [1.82, 2.24) is 0 Å². The predicted molar refractivity (Wildman–Crippen MR) is 207 cm³/mol. The van der Waals surface area contributed by atoms with E-state index in [0.29, 0.717) is 6.67 Å². The predicted octanol–water partition coefficient (Wildman–Crippen LogP) is 13.4. The van der Waals surface area contributed by atoms with E-state index < -0.39 is 0 Å². The number of furan rings is 2. The molecular formula is C42H32Br2N2O2. The van der Waals surface area contributed by atoms with Crippen LogP contribution in [0.2, 0.25) is 0 Å². The number of fused-ring (bicyclic) bond motifs is 10. The van der Waals surface area contributed by atoms with Crippen molar-refractivity contribution < 1.29 is 8.83 Å². The van der Waals surface area contributed by atoms with Crippen LogP contribution in [0.25, 0.3) is 54.6 Å². The molecule has 0 N–H and O–H groups in total. The van der Waals surface area contributed by atoms with E-state index in [-0.39, 0.29) is 10.8 Å². The Morgan fingerprint density at radius 3 is 1.50 bits per heavy atom. The van der Waals surface area contributed by atoms with Crippen LogP contribution in [0, 0.1) is 0 Å². The summed E-state index contributed by atoms with van der Waals surface area (Å²) in [6, 6.07) is 35.5. The molecule has 0 radical (unpaired) electrons. The minimum Gasteiger partial charge on any atom is -0.454 e. The molecule has 0 saturated carbocycles.